The molecule has 0 fully saturated rings. The highest BCUT2D eigenvalue weighted by atomic mass is 79.9. The summed E-state index contributed by atoms with van der Waals surface area (Å²) in [5, 5.41) is 3.95. The largest absolute Gasteiger partial charge is 0.383 e. The van der Waals surface area contributed by atoms with Gasteiger partial charge >= 0.3 is 0 Å². The van der Waals surface area contributed by atoms with Crippen molar-refractivity contribution in [3.8, 4) is 0 Å². The Labute approximate surface area is 124 Å². The molecule has 0 saturated heterocycles. The number of nitrogen functional groups attached to an aromatic ring is 1. The lowest BCUT2D eigenvalue weighted by molar-refractivity contribution is 0.581. The number of anilines is 1. The fourth-order valence-corrected chi connectivity index (χ4v) is 3.81. The zero-order chi connectivity index (χ0) is 13.9. The Balaban J connectivity index is 2.07. The van der Waals surface area contributed by atoms with E-state index in [0.717, 1.165) is 5.56 Å². The number of aromatic nitrogens is 1. The number of thiophene rings is 1. The summed E-state index contributed by atoms with van der Waals surface area (Å²) in [6.07, 6.45) is 2.10. The molecular weight excluding hydrogens is 350 g/mol. The topological polar surface area (TPSA) is 85.1 Å². The van der Waals surface area contributed by atoms with E-state index in [0.29, 0.717) is 17.4 Å². The van der Waals surface area contributed by atoms with Gasteiger partial charge in [-0.2, -0.15) is 11.3 Å². The van der Waals surface area contributed by atoms with Gasteiger partial charge in [0.1, 0.15) is 10.7 Å². The van der Waals surface area contributed by atoms with Crippen molar-refractivity contribution in [1.82, 2.24) is 9.71 Å². The number of rotatable bonds is 5. The number of halogens is 1. The van der Waals surface area contributed by atoms with Crippen LogP contribution in [0.25, 0.3) is 0 Å². The van der Waals surface area contributed by atoms with Gasteiger partial charge in [-0.05, 0) is 50.8 Å². The second kappa shape index (κ2) is 6.00. The third kappa shape index (κ3) is 3.75. The zero-order valence-corrected chi connectivity index (χ0v) is 13.1. The SMILES string of the molecule is Nc1ncc(Br)cc1S(=O)(=O)NCCc1ccsc1. The van der Waals surface area contributed by atoms with Crippen molar-refractivity contribution >= 4 is 43.1 Å². The number of nitrogens with one attached hydrogen (secondary N) is 1. The molecule has 2 rings (SSSR count). The Morgan fingerprint density at radius 1 is 1.47 bits per heavy atom. The lowest BCUT2D eigenvalue weighted by atomic mass is 10.2. The third-order valence-electron chi connectivity index (χ3n) is 2.42. The van der Waals surface area contributed by atoms with E-state index in [1.165, 1.54) is 12.3 Å². The minimum absolute atomic E-state index is 0.00723. The molecule has 0 radical (unpaired) electrons. The maximum absolute atomic E-state index is 12.1. The Hall–Kier alpha value is -0.960. The third-order valence-corrected chi connectivity index (χ3v) is 5.08. The maximum Gasteiger partial charge on any atom is 0.244 e. The van der Waals surface area contributed by atoms with Crippen molar-refractivity contribution in [2.45, 2.75) is 11.3 Å². The van der Waals surface area contributed by atoms with Crippen LogP contribution in [0.1, 0.15) is 5.56 Å². The molecule has 102 valence electrons. The summed E-state index contributed by atoms with van der Waals surface area (Å²) in [6, 6.07) is 3.41. The second-order valence-electron chi connectivity index (χ2n) is 3.82. The Morgan fingerprint density at radius 3 is 2.95 bits per heavy atom. The minimum atomic E-state index is -3.63. The highest BCUT2D eigenvalue weighted by Crippen LogP contribution is 2.20. The minimum Gasteiger partial charge on any atom is -0.383 e. The highest BCUT2D eigenvalue weighted by Gasteiger charge is 2.18. The number of pyridine rings is 1. The molecule has 0 aliphatic heterocycles. The first-order chi connectivity index (χ1) is 8.99. The molecule has 0 aliphatic rings. The van der Waals surface area contributed by atoms with Gasteiger partial charge in [0, 0.05) is 17.2 Å². The monoisotopic (exact) mass is 361 g/mol. The van der Waals surface area contributed by atoms with Crippen LogP contribution in [0.15, 0.2) is 38.5 Å². The summed E-state index contributed by atoms with van der Waals surface area (Å²) in [5.41, 5.74) is 6.70. The molecule has 0 saturated carbocycles. The highest BCUT2D eigenvalue weighted by molar-refractivity contribution is 9.10. The summed E-state index contributed by atoms with van der Waals surface area (Å²) in [5.74, 6) is -0.00812. The van der Waals surface area contributed by atoms with E-state index < -0.39 is 10.0 Å². The smallest absolute Gasteiger partial charge is 0.244 e. The van der Waals surface area contributed by atoms with Crippen LogP contribution in [-0.4, -0.2) is 19.9 Å². The summed E-state index contributed by atoms with van der Waals surface area (Å²) in [4.78, 5) is 3.81. The van der Waals surface area contributed by atoms with Crippen molar-refractivity contribution in [2.24, 2.45) is 0 Å². The van der Waals surface area contributed by atoms with Gasteiger partial charge < -0.3 is 5.73 Å². The number of sulfonamides is 1. The number of hydrogen-bond acceptors (Lipinski definition) is 5. The van der Waals surface area contributed by atoms with Crippen molar-refractivity contribution in [1.29, 1.82) is 0 Å². The van der Waals surface area contributed by atoms with Crippen molar-refractivity contribution < 1.29 is 8.42 Å². The molecule has 2 heterocycles. The molecule has 2 aromatic heterocycles. The fraction of sp³-hybridized carbons (Fsp3) is 0.182. The average molecular weight is 362 g/mol. The van der Waals surface area contributed by atoms with E-state index in [4.69, 9.17) is 5.73 Å². The fourth-order valence-electron chi connectivity index (χ4n) is 1.49. The van der Waals surface area contributed by atoms with E-state index in [2.05, 4.69) is 25.6 Å². The van der Waals surface area contributed by atoms with Gasteiger partial charge in [-0.1, -0.05) is 0 Å². The second-order valence-corrected chi connectivity index (χ2v) is 7.25. The first kappa shape index (κ1) is 14.4. The van der Waals surface area contributed by atoms with Crippen LogP contribution >= 0.6 is 27.3 Å². The zero-order valence-electron chi connectivity index (χ0n) is 9.84. The van der Waals surface area contributed by atoms with Crippen LogP contribution in [0.4, 0.5) is 5.82 Å². The van der Waals surface area contributed by atoms with Gasteiger partial charge in [0.2, 0.25) is 10.0 Å². The Kier molecular flexibility index (Phi) is 4.56. The van der Waals surface area contributed by atoms with Gasteiger partial charge in [0.15, 0.2) is 0 Å². The van der Waals surface area contributed by atoms with E-state index >= 15 is 0 Å². The van der Waals surface area contributed by atoms with Gasteiger partial charge in [-0.15, -0.1) is 0 Å². The molecule has 0 unspecified atom stereocenters. The molecule has 0 bridgehead atoms. The van der Waals surface area contributed by atoms with Gasteiger partial charge in [-0.25, -0.2) is 18.1 Å². The number of nitrogens with two attached hydrogens (primary N) is 1. The molecule has 0 aromatic carbocycles. The molecule has 0 atom stereocenters. The molecular formula is C11H12BrN3O2S2. The molecule has 0 spiro atoms. The molecule has 19 heavy (non-hydrogen) atoms. The number of hydrogen-bond donors (Lipinski definition) is 2. The van der Waals surface area contributed by atoms with Crippen molar-refractivity contribution in [3.05, 3.63) is 39.1 Å². The van der Waals surface area contributed by atoms with Crippen LogP contribution in [-0.2, 0) is 16.4 Å². The Bertz CT molecular complexity index is 657. The maximum atomic E-state index is 12.1. The first-order valence-electron chi connectivity index (χ1n) is 5.41. The normalized spacial score (nSPS) is 11.6. The van der Waals surface area contributed by atoms with Crippen LogP contribution < -0.4 is 10.5 Å². The molecule has 3 N–H and O–H groups in total. The van der Waals surface area contributed by atoms with Crippen molar-refractivity contribution in [3.63, 3.8) is 0 Å². The first-order valence-corrected chi connectivity index (χ1v) is 8.63. The lowest BCUT2D eigenvalue weighted by Crippen LogP contribution is -2.27. The standard InChI is InChI=1S/C11H12BrN3O2S2/c12-9-5-10(11(13)14-6-9)19(16,17)15-3-1-8-2-4-18-7-8/h2,4-7,15H,1,3H2,(H2,13,14). The molecule has 2 aromatic rings. The van der Waals surface area contributed by atoms with Crippen LogP contribution in [0, 0.1) is 0 Å². The quantitative estimate of drug-likeness (QED) is 0.852. The van der Waals surface area contributed by atoms with Crippen molar-refractivity contribution in [2.75, 3.05) is 12.3 Å². The lowest BCUT2D eigenvalue weighted by Gasteiger charge is -2.08. The summed E-state index contributed by atoms with van der Waals surface area (Å²) in [6.45, 7) is 0.324. The molecule has 0 aliphatic carbocycles. The molecule has 8 heteroatoms. The van der Waals surface area contributed by atoms with Gasteiger partial charge in [0.05, 0.1) is 0 Å². The average Bonchev–Trinajstić information content (AvgIpc) is 2.85. The predicted octanol–water partition coefficient (Wildman–Crippen LogP) is 2.01. The van der Waals surface area contributed by atoms with E-state index in [1.54, 1.807) is 11.3 Å². The van der Waals surface area contributed by atoms with Crippen LogP contribution in [0.2, 0.25) is 0 Å². The van der Waals surface area contributed by atoms with E-state index in [9.17, 15) is 8.42 Å². The summed E-state index contributed by atoms with van der Waals surface area (Å²) < 4.78 is 27.3. The molecule has 0 amide bonds. The van der Waals surface area contributed by atoms with E-state index in [-0.39, 0.29) is 10.7 Å². The summed E-state index contributed by atoms with van der Waals surface area (Å²) >= 11 is 4.76. The summed E-state index contributed by atoms with van der Waals surface area (Å²) in [7, 11) is -3.63. The van der Waals surface area contributed by atoms with Gasteiger partial charge in [0.25, 0.3) is 0 Å². The van der Waals surface area contributed by atoms with Crippen LogP contribution in [0.3, 0.4) is 0 Å². The number of nitrogens with zero attached hydrogens (tertiary/aromatic N) is 1. The predicted molar refractivity (Wildman–Crippen MR) is 79.6 cm³/mol. The van der Waals surface area contributed by atoms with Crippen LogP contribution in [0.5, 0.6) is 0 Å². The van der Waals surface area contributed by atoms with Gasteiger partial charge in [-0.3, -0.25) is 0 Å². The molecule has 5 nitrogen and oxygen atoms in total. The van der Waals surface area contributed by atoms with E-state index in [1.807, 2.05) is 16.8 Å². The Morgan fingerprint density at radius 2 is 2.26 bits per heavy atom.